The Hall–Kier alpha value is -1.23. The summed E-state index contributed by atoms with van der Waals surface area (Å²) in [5.74, 6) is -0.893. The maximum Gasteiger partial charge on any atom is 0.357 e. The second-order valence-electron chi connectivity index (χ2n) is 2.59. The highest BCUT2D eigenvalue weighted by Gasteiger charge is 2.21. The van der Waals surface area contributed by atoms with Gasteiger partial charge in [-0.25, -0.2) is 18.6 Å². The minimum absolute atomic E-state index is 0.0255. The number of ether oxygens (including phenoxy) is 1. The molecule has 6 heteroatoms. The van der Waals surface area contributed by atoms with Crippen molar-refractivity contribution >= 4 is 17.6 Å². The number of pyridine rings is 1. The van der Waals surface area contributed by atoms with Gasteiger partial charge in [-0.1, -0.05) is 11.6 Å². The van der Waals surface area contributed by atoms with Crippen LogP contribution >= 0.6 is 11.6 Å². The number of halogens is 3. The fourth-order valence-corrected chi connectivity index (χ4v) is 1.13. The summed E-state index contributed by atoms with van der Waals surface area (Å²) >= 11 is 5.50. The van der Waals surface area contributed by atoms with E-state index in [-0.39, 0.29) is 11.8 Å². The molecule has 0 saturated carbocycles. The van der Waals surface area contributed by atoms with Crippen molar-refractivity contribution in [1.29, 1.82) is 0 Å². The van der Waals surface area contributed by atoms with Crippen LogP contribution in [0.3, 0.4) is 0 Å². The molecule has 15 heavy (non-hydrogen) atoms. The highest BCUT2D eigenvalue weighted by molar-refractivity contribution is 6.29. The van der Waals surface area contributed by atoms with Gasteiger partial charge >= 0.3 is 5.97 Å². The van der Waals surface area contributed by atoms with Crippen molar-refractivity contribution in [2.24, 2.45) is 0 Å². The van der Waals surface area contributed by atoms with Crippen LogP contribution < -0.4 is 0 Å². The number of nitrogens with zero attached hydrogens (tertiary/aromatic N) is 1. The molecule has 0 spiro atoms. The minimum atomic E-state index is -2.78. The molecule has 0 aromatic carbocycles. The predicted octanol–water partition coefficient (Wildman–Crippen LogP) is 2.85. The third-order valence-electron chi connectivity index (χ3n) is 1.60. The van der Waals surface area contributed by atoms with Crippen LogP contribution in [-0.4, -0.2) is 17.6 Å². The van der Waals surface area contributed by atoms with E-state index in [1.807, 2.05) is 0 Å². The molecule has 0 amide bonds. The van der Waals surface area contributed by atoms with E-state index in [1.54, 1.807) is 6.92 Å². The first-order chi connectivity index (χ1) is 7.06. The summed E-state index contributed by atoms with van der Waals surface area (Å²) in [6.07, 6.45) is -2.78. The Bertz CT molecular complexity index is 371. The standard InChI is InChI=1S/C9H8ClF2NO2/c1-2-15-9(14)7-5(8(11)12)3-4-6(10)13-7/h3-4,8H,2H2,1H3. The molecule has 1 aromatic rings. The lowest BCUT2D eigenvalue weighted by Gasteiger charge is -2.06. The minimum Gasteiger partial charge on any atom is -0.461 e. The van der Waals surface area contributed by atoms with E-state index < -0.39 is 23.7 Å². The van der Waals surface area contributed by atoms with E-state index in [1.165, 1.54) is 6.07 Å². The van der Waals surface area contributed by atoms with Gasteiger partial charge in [0, 0.05) is 0 Å². The number of carbonyl (C=O) groups is 1. The van der Waals surface area contributed by atoms with Gasteiger partial charge in [0.1, 0.15) is 5.15 Å². The maximum atomic E-state index is 12.5. The van der Waals surface area contributed by atoms with Crippen molar-refractivity contribution < 1.29 is 18.3 Å². The highest BCUT2D eigenvalue weighted by atomic mass is 35.5. The van der Waals surface area contributed by atoms with Gasteiger partial charge in [-0.05, 0) is 19.1 Å². The number of aromatic nitrogens is 1. The lowest BCUT2D eigenvalue weighted by Crippen LogP contribution is -2.11. The molecule has 0 aliphatic rings. The van der Waals surface area contributed by atoms with E-state index in [9.17, 15) is 13.6 Å². The van der Waals surface area contributed by atoms with Gasteiger partial charge in [-0.15, -0.1) is 0 Å². The molecule has 1 heterocycles. The number of hydrogen-bond donors (Lipinski definition) is 0. The maximum absolute atomic E-state index is 12.5. The second-order valence-corrected chi connectivity index (χ2v) is 2.98. The molecular formula is C9H8ClF2NO2. The van der Waals surface area contributed by atoms with Crippen LogP contribution in [0.1, 0.15) is 29.4 Å². The fraction of sp³-hybridized carbons (Fsp3) is 0.333. The zero-order valence-electron chi connectivity index (χ0n) is 7.84. The zero-order valence-corrected chi connectivity index (χ0v) is 8.59. The first-order valence-corrected chi connectivity index (χ1v) is 4.55. The molecule has 0 atom stereocenters. The number of hydrogen-bond acceptors (Lipinski definition) is 3. The molecule has 0 unspecified atom stereocenters. The van der Waals surface area contributed by atoms with Crippen molar-refractivity contribution in [2.75, 3.05) is 6.61 Å². The molecule has 0 aliphatic heterocycles. The molecule has 1 aromatic heterocycles. The third kappa shape index (κ3) is 2.86. The van der Waals surface area contributed by atoms with Gasteiger partial charge in [0.15, 0.2) is 5.69 Å². The van der Waals surface area contributed by atoms with Crippen LogP contribution in [0.4, 0.5) is 8.78 Å². The van der Waals surface area contributed by atoms with Crippen LogP contribution in [0.2, 0.25) is 5.15 Å². The van der Waals surface area contributed by atoms with Crippen LogP contribution in [0.25, 0.3) is 0 Å². The number of alkyl halides is 2. The largest absolute Gasteiger partial charge is 0.461 e. The second kappa shape index (κ2) is 5.02. The van der Waals surface area contributed by atoms with Gasteiger partial charge in [-0.3, -0.25) is 0 Å². The smallest absolute Gasteiger partial charge is 0.357 e. The fourth-order valence-electron chi connectivity index (χ4n) is 0.985. The summed E-state index contributed by atoms with van der Waals surface area (Å²) in [5, 5.41) is -0.0255. The van der Waals surface area contributed by atoms with Crippen molar-refractivity contribution in [3.63, 3.8) is 0 Å². The SMILES string of the molecule is CCOC(=O)c1nc(Cl)ccc1C(F)F. The average Bonchev–Trinajstić information content (AvgIpc) is 2.17. The molecule has 0 N–H and O–H groups in total. The van der Waals surface area contributed by atoms with E-state index in [0.717, 1.165) is 6.07 Å². The normalized spacial score (nSPS) is 10.5. The quantitative estimate of drug-likeness (QED) is 0.597. The summed E-state index contributed by atoms with van der Waals surface area (Å²) in [7, 11) is 0. The van der Waals surface area contributed by atoms with Crippen LogP contribution in [0, 0.1) is 0 Å². The molecule has 0 bridgehead atoms. The van der Waals surface area contributed by atoms with Crippen LogP contribution in [0.5, 0.6) is 0 Å². The van der Waals surface area contributed by atoms with Crippen molar-refractivity contribution in [1.82, 2.24) is 4.98 Å². The molecule has 82 valence electrons. The molecule has 0 saturated heterocycles. The van der Waals surface area contributed by atoms with Crippen molar-refractivity contribution in [3.8, 4) is 0 Å². The summed E-state index contributed by atoms with van der Waals surface area (Å²) in [5.41, 5.74) is -0.905. The number of esters is 1. The van der Waals surface area contributed by atoms with E-state index >= 15 is 0 Å². The van der Waals surface area contributed by atoms with Crippen molar-refractivity contribution in [3.05, 3.63) is 28.5 Å². The highest BCUT2D eigenvalue weighted by Crippen LogP contribution is 2.23. The van der Waals surface area contributed by atoms with Crippen LogP contribution in [-0.2, 0) is 4.74 Å². The lowest BCUT2D eigenvalue weighted by atomic mass is 10.2. The molecule has 1 rings (SSSR count). The van der Waals surface area contributed by atoms with Gasteiger partial charge in [0.05, 0.1) is 12.2 Å². The van der Waals surface area contributed by atoms with Crippen LogP contribution in [0.15, 0.2) is 12.1 Å². The molecule has 3 nitrogen and oxygen atoms in total. The summed E-state index contributed by atoms with van der Waals surface area (Å²) in [6, 6.07) is 2.26. The topological polar surface area (TPSA) is 39.2 Å². The van der Waals surface area contributed by atoms with E-state index in [2.05, 4.69) is 9.72 Å². The third-order valence-corrected chi connectivity index (χ3v) is 1.81. The number of rotatable bonds is 3. The van der Waals surface area contributed by atoms with E-state index in [0.29, 0.717) is 0 Å². The zero-order chi connectivity index (χ0) is 11.4. The number of carbonyl (C=O) groups excluding carboxylic acids is 1. The predicted molar refractivity (Wildman–Crippen MR) is 50.2 cm³/mol. The molecule has 0 fully saturated rings. The first-order valence-electron chi connectivity index (χ1n) is 4.18. The first kappa shape index (κ1) is 11.8. The Morgan fingerprint density at radius 1 is 1.60 bits per heavy atom. The Labute approximate surface area is 90.0 Å². The Balaban J connectivity index is 3.12. The van der Waals surface area contributed by atoms with E-state index in [4.69, 9.17) is 11.6 Å². The summed E-state index contributed by atoms with van der Waals surface area (Å²) in [4.78, 5) is 14.8. The molecular weight excluding hydrogens is 228 g/mol. The Kier molecular flexibility index (Phi) is 3.96. The van der Waals surface area contributed by atoms with Gasteiger partial charge in [-0.2, -0.15) is 0 Å². The van der Waals surface area contributed by atoms with Gasteiger partial charge in [0.2, 0.25) is 0 Å². The van der Waals surface area contributed by atoms with Gasteiger partial charge < -0.3 is 4.74 Å². The summed E-state index contributed by atoms with van der Waals surface area (Å²) in [6.45, 7) is 1.67. The van der Waals surface area contributed by atoms with Crippen molar-refractivity contribution in [2.45, 2.75) is 13.3 Å². The van der Waals surface area contributed by atoms with Gasteiger partial charge in [0.25, 0.3) is 6.43 Å². The Morgan fingerprint density at radius 3 is 2.80 bits per heavy atom. The molecule has 0 aliphatic carbocycles. The Morgan fingerprint density at radius 2 is 2.27 bits per heavy atom. The average molecular weight is 236 g/mol. The lowest BCUT2D eigenvalue weighted by molar-refractivity contribution is 0.0507. The monoisotopic (exact) mass is 235 g/mol. The molecule has 0 radical (unpaired) electrons. The summed E-state index contributed by atoms with van der Waals surface area (Å²) < 4.78 is 29.5.